The van der Waals surface area contributed by atoms with E-state index in [9.17, 15) is 14.4 Å². The normalized spacial score (nSPS) is 20.9. The molecule has 0 radical (unpaired) electrons. The number of esters is 1. The van der Waals surface area contributed by atoms with Crippen molar-refractivity contribution >= 4 is 18.2 Å². The van der Waals surface area contributed by atoms with E-state index in [4.69, 9.17) is 18.9 Å². The van der Waals surface area contributed by atoms with Crippen LogP contribution < -0.4 is 0 Å². The first-order valence-corrected chi connectivity index (χ1v) is 9.02. The molecule has 0 aliphatic carbocycles. The molecule has 1 heterocycles. The predicted molar refractivity (Wildman–Crippen MR) is 96.8 cm³/mol. The van der Waals surface area contributed by atoms with Crippen LogP contribution in [-0.2, 0) is 23.7 Å². The van der Waals surface area contributed by atoms with Crippen molar-refractivity contribution in [1.82, 2.24) is 10.0 Å². The minimum atomic E-state index is -1.16. The molecular weight excluding hydrogens is 356 g/mol. The van der Waals surface area contributed by atoms with E-state index >= 15 is 0 Å². The maximum absolute atomic E-state index is 12.9. The summed E-state index contributed by atoms with van der Waals surface area (Å²) >= 11 is 0. The second-order valence-electron chi connectivity index (χ2n) is 8.19. The van der Waals surface area contributed by atoms with Gasteiger partial charge in [-0.3, -0.25) is 0 Å². The van der Waals surface area contributed by atoms with Gasteiger partial charge in [-0.05, 0) is 54.9 Å². The van der Waals surface area contributed by atoms with Crippen LogP contribution in [-0.4, -0.2) is 71.8 Å². The molecule has 0 aromatic rings. The lowest BCUT2D eigenvalue weighted by Crippen LogP contribution is -2.66. The van der Waals surface area contributed by atoms with E-state index in [1.54, 1.807) is 48.5 Å². The SMILES string of the molecule is CCOC(=O)[C@@H]1[C@@H](OC)CCN(C(=O)OC(C)(C)C)N1C(=O)OC(C)(C)C. The first-order chi connectivity index (χ1) is 12.3. The highest BCUT2D eigenvalue weighted by molar-refractivity contribution is 5.84. The lowest BCUT2D eigenvalue weighted by molar-refractivity contribution is -0.175. The molecule has 2 atom stereocenters. The van der Waals surface area contributed by atoms with Gasteiger partial charge in [-0.2, -0.15) is 5.01 Å². The summed E-state index contributed by atoms with van der Waals surface area (Å²) in [7, 11) is 1.44. The highest BCUT2D eigenvalue weighted by atomic mass is 16.6. The van der Waals surface area contributed by atoms with Gasteiger partial charge in [0, 0.05) is 13.7 Å². The molecule has 0 N–H and O–H groups in total. The Hall–Kier alpha value is -2.03. The van der Waals surface area contributed by atoms with Crippen LogP contribution in [0.15, 0.2) is 0 Å². The fourth-order valence-electron chi connectivity index (χ4n) is 2.56. The molecule has 9 heteroatoms. The van der Waals surface area contributed by atoms with Gasteiger partial charge in [-0.1, -0.05) is 0 Å². The number of carbonyl (C=O) groups excluding carboxylic acids is 3. The van der Waals surface area contributed by atoms with Crippen molar-refractivity contribution in [2.75, 3.05) is 20.3 Å². The second-order valence-corrected chi connectivity index (χ2v) is 8.19. The van der Waals surface area contributed by atoms with E-state index in [1.807, 2.05) is 0 Å². The van der Waals surface area contributed by atoms with Gasteiger partial charge >= 0.3 is 18.2 Å². The van der Waals surface area contributed by atoms with Crippen molar-refractivity contribution in [3.05, 3.63) is 0 Å². The summed E-state index contributed by atoms with van der Waals surface area (Å²) in [4.78, 5) is 38.1. The van der Waals surface area contributed by atoms with Gasteiger partial charge < -0.3 is 18.9 Å². The van der Waals surface area contributed by atoms with Gasteiger partial charge in [0.15, 0.2) is 6.04 Å². The molecule has 1 saturated heterocycles. The molecule has 0 spiro atoms. The van der Waals surface area contributed by atoms with Crippen LogP contribution in [0.5, 0.6) is 0 Å². The Labute approximate surface area is 160 Å². The van der Waals surface area contributed by atoms with E-state index in [0.29, 0.717) is 6.42 Å². The summed E-state index contributed by atoms with van der Waals surface area (Å²) < 4.78 is 21.3. The number of ether oxygens (including phenoxy) is 4. The summed E-state index contributed by atoms with van der Waals surface area (Å²) in [5, 5.41) is 2.03. The lowest BCUT2D eigenvalue weighted by Gasteiger charge is -2.45. The maximum atomic E-state index is 12.9. The molecule has 1 fully saturated rings. The summed E-state index contributed by atoms with van der Waals surface area (Å²) in [6.45, 7) is 12.1. The number of hydrazine groups is 1. The Morgan fingerprint density at radius 3 is 1.93 bits per heavy atom. The van der Waals surface area contributed by atoms with Crippen molar-refractivity contribution in [2.24, 2.45) is 0 Å². The first-order valence-electron chi connectivity index (χ1n) is 9.02. The Bertz CT molecular complexity index is 551. The molecule has 156 valence electrons. The third-order valence-corrected chi connectivity index (χ3v) is 3.52. The standard InChI is InChI=1S/C18H32N2O7/c1-9-25-14(21)13-12(24-8)10-11-19(15(22)26-17(2,3)4)20(13)16(23)27-18(5,6)7/h12-13H,9-11H2,1-8H3/t12-,13-/m0/s1. The molecule has 0 aromatic carbocycles. The van der Waals surface area contributed by atoms with E-state index in [0.717, 1.165) is 10.0 Å². The summed E-state index contributed by atoms with van der Waals surface area (Å²) in [5.74, 6) is -0.677. The summed E-state index contributed by atoms with van der Waals surface area (Å²) in [6, 6.07) is -1.16. The van der Waals surface area contributed by atoms with Crippen LogP contribution in [0.1, 0.15) is 54.9 Å². The van der Waals surface area contributed by atoms with Crippen molar-refractivity contribution in [3.8, 4) is 0 Å². The van der Waals surface area contributed by atoms with E-state index in [1.165, 1.54) is 7.11 Å². The van der Waals surface area contributed by atoms with Crippen molar-refractivity contribution in [3.63, 3.8) is 0 Å². The molecular formula is C18H32N2O7. The smallest absolute Gasteiger partial charge is 0.430 e. The highest BCUT2D eigenvalue weighted by Gasteiger charge is 2.49. The molecule has 0 bridgehead atoms. The Kier molecular flexibility index (Phi) is 7.48. The van der Waals surface area contributed by atoms with Crippen molar-refractivity contribution < 1.29 is 33.3 Å². The molecule has 1 aliphatic rings. The van der Waals surface area contributed by atoms with Crippen molar-refractivity contribution in [1.29, 1.82) is 0 Å². The van der Waals surface area contributed by atoms with Crippen molar-refractivity contribution in [2.45, 2.75) is 78.2 Å². The molecule has 1 aliphatic heterocycles. The Balaban J connectivity index is 3.29. The zero-order valence-corrected chi connectivity index (χ0v) is 17.5. The average Bonchev–Trinajstić information content (AvgIpc) is 2.50. The minimum Gasteiger partial charge on any atom is -0.464 e. The van der Waals surface area contributed by atoms with E-state index in [-0.39, 0.29) is 13.2 Å². The van der Waals surface area contributed by atoms with Crippen LogP contribution in [0, 0.1) is 0 Å². The third kappa shape index (κ3) is 6.57. The van der Waals surface area contributed by atoms with Gasteiger partial charge in [0.25, 0.3) is 0 Å². The third-order valence-electron chi connectivity index (χ3n) is 3.52. The Morgan fingerprint density at radius 1 is 0.963 bits per heavy atom. The van der Waals surface area contributed by atoms with Crippen LogP contribution >= 0.6 is 0 Å². The monoisotopic (exact) mass is 388 g/mol. The van der Waals surface area contributed by atoms with E-state index in [2.05, 4.69) is 0 Å². The Morgan fingerprint density at radius 2 is 1.48 bits per heavy atom. The second kappa shape index (κ2) is 8.77. The lowest BCUT2D eigenvalue weighted by atomic mass is 10.0. The fraction of sp³-hybridized carbons (Fsp3) is 0.833. The van der Waals surface area contributed by atoms with Gasteiger partial charge in [-0.15, -0.1) is 0 Å². The zero-order chi connectivity index (χ0) is 21.0. The summed E-state index contributed by atoms with van der Waals surface area (Å²) in [5.41, 5.74) is -1.59. The predicted octanol–water partition coefficient (Wildman–Crippen LogP) is 2.73. The van der Waals surface area contributed by atoms with Gasteiger partial charge in [0.1, 0.15) is 11.2 Å². The van der Waals surface area contributed by atoms with Crippen LogP contribution in [0.3, 0.4) is 0 Å². The highest BCUT2D eigenvalue weighted by Crippen LogP contribution is 2.26. The van der Waals surface area contributed by atoms with Crippen LogP contribution in [0.4, 0.5) is 9.59 Å². The van der Waals surface area contributed by atoms with Crippen LogP contribution in [0.2, 0.25) is 0 Å². The fourth-order valence-corrected chi connectivity index (χ4v) is 2.56. The molecule has 0 aromatic heterocycles. The number of amides is 2. The molecule has 0 saturated carbocycles. The summed E-state index contributed by atoms with van der Waals surface area (Å²) in [6.07, 6.45) is -1.92. The molecule has 9 nitrogen and oxygen atoms in total. The number of carbonyl (C=O) groups is 3. The minimum absolute atomic E-state index is 0.125. The zero-order valence-electron chi connectivity index (χ0n) is 17.5. The van der Waals surface area contributed by atoms with Gasteiger partial charge in [0.2, 0.25) is 0 Å². The number of hydrogen-bond donors (Lipinski definition) is 0. The molecule has 0 unspecified atom stereocenters. The quantitative estimate of drug-likeness (QED) is 0.542. The molecule has 2 amide bonds. The maximum Gasteiger partial charge on any atom is 0.430 e. The topological polar surface area (TPSA) is 94.6 Å². The average molecular weight is 388 g/mol. The number of hydrogen-bond acceptors (Lipinski definition) is 7. The first kappa shape index (κ1) is 23.0. The number of rotatable bonds is 3. The molecule has 1 rings (SSSR count). The molecule has 27 heavy (non-hydrogen) atoms. The number of methoxy groups -OCH3 is 1. The van der Waals surface area contributed by atoms with Gasteiger partial charge in [0.05, 0.1) is 12.7 Å². The van der Waals surface area contributed by atoms with Gasteiger partial charge in [-0.25, -0.2) is 19.4 Å². The largest absolute Gasteiger partial charge is 0.464 e. The van der Waals surface area contributed by atoms with E-state index < -0.39 is 41.5 Å². The number of nitrogens with zero attached hydrogens (tertiary/aromatic N) is 2. The van der Waals surface area contributed by atoms with Crippen LogP contribution in [0.25, 0.3) is 0 Å².